The predicted molar refractivity (Wildman–Crippen MR) is 151 cm³/mol. The molecule has 3 aromatic rings. The Balaban J connectivity index is 0.000000228. The standard InChI is InChI=1S/C18H19BrN2O2.C11H12BrNO2.Li/c19-15-5-8-17(21-11-15)14(9-12-1-2-12)10-20-16-6-3-13(4-7-16)18(22)23;12-8-3-4-10(13-6-8)9(11(14)15)5-7-1-2-7;/h3-8,11-12,14,20H,1-2,9-10H2,(H,22,23);3-4,6-7,9H,1-2,5H2,(H,14,15);/q;;+1/p-1. The molecule has 0 amide bonds. The van der Waals surface area contributed by atoms with Gasteiger partial charge in [0, 0.05) is 56.8 Å². The maximum atomic E-state index is 11.0. The fourth-order valence-corrected chi connectivity index (χ4v) is 4.75. The summed E-state index contributed by atoms with van der Waals surface area (Å²) in [7, 11) is 0. The number of carbonyl (C=O) groups excluding carboxylic acids is 1. The van der Waals surface area contributed by atoms with Crippen LogP contribution >= 0.6 is 31.9 Å². The van der Waals surface area contributed by atoms with Gasteiger partial charge in [-0.2, -0.15) is 0 Å². The molecule has 2 saturated carbocycles. The third kappa shape index (κ3) is 10.4. The van der Waals surface area contributed by atoms with Gasteiger partial charge in [0.15, 0.2) is 0 Å². The van der Waals surface area contributed by atoms with Crippen molar-refractivity contribution >= 4 is 49.5 Å². The number of aromatic carboxylic acids is 1. The van der Waals surface area contributed by atoms with E-state index in [4.69, 9.17) is 5.11 Å². The smallest absolute Gasteiger partial charge is 0.549 e. The number of hydrogen-bond donors (Lipinski definition) is 2. The third-order valence-corrected chi connectivity index (χ3v) is 7.76. The van der Waals surface area contributed by atoms with Crippen LogP contribution < -0.4 is 29.3 Å². The van der Waals surface area contributed by atoms with Crippen LogP contribution in [0.3, 0.4) is 0 Å². The summed E-state index contributed by atoms with van der Waals surface area (Å²) < 4.78 is 1.85. The van der Waals surface area contributed by atoms with Crippen molar-refractivity contribution in [2.24, 2.45) is 11.8 Å². The molecule has 5 rings (SSSR count). The monoisotopic (exact) mass is 649 g/mol. The summed E-state index contributed by atoms with van der Waals surface area (Å²) in [4.78, 5) is 30.5. The zero-order chi connectivity index (χ0) is 27.1. The van der Waals surface area contributed by atoms with Crippen molar-refractivity contribution in [2.45, 2.75) is 50.4 Å². The molecule has 0 saturated heterocycles. The summed E-state index contributed by atoms with van der Waals surface area (Å²) in [5.41, 5.74) is 2.95. The van der Waals surface area contributed by atoms with E-state index in [9.17, 15) is 14.7 Å². The van der Waals surface area contributed by atoms with Gasteiger partial charge in [-0.05, 0) is 105 Å². The van der Waals surface area contributed by atoms with Gasteiger partial charge >= 0.3 is 24.8 Å². The minimum Gasteiger partial charge on any atom is -0.549 e. The van der Waals surface area contributed by atoms with E-state index in [0.29, 0.717) is 29.5 Å². The first-order valence-electron chi connectivity index (χ1n) is 12.8. The number of nitrogens with one attached hydrogen (secondary N) is 1. The van der Waals surface area contributed by atoms with Gasteiger partial charge < -0.3 is 20.3 Å². The normalized spacial score (nSPS) is 15.6. The number of carbonyl (C=O) groups is 2. The summed E-state index contributed by atoms with van der Waals surface area (Å²) in [6.07, 6.45) is 10.2. The van der Waals surface area contributed by atoms with Crippen molar-refractivity contribution in [3.63, 3.8) is 0 Å². The second kappa shape index (κ2) is 15.0. The van der Waals surface area contributed by atoms with Crippen LogP contribution in [0.2, 0.25) is 0 Å². The number of rotatable bonds is 11. The quantitative estimate of drug-likeness (QED) is 0.307. The Labute approximate surface area is 257 Å². The maximum Gasteiger partial charge on any atom is 1.00 e. The van der Waals surface area contributed by atoms with Crippen molar-refractivity contribution in [1.82, 2.24) is 9.97 Å². The van der Waals surface area contributed by atoms with E-state index in [1.807, 2.05) is 30.5 Å². The molecule has 1 aromatic carbocycles. The van der Waals surface area contributed by atoms with Gasteiger partial charge in [0.2, 0.25) is 0 Å². The molecule has 0 aliphatic heterocycles. The van der Waals surface area contributed by atoms with E-state index in [0.717, 1.165) is 52.1 Å². The van der Waals surface area contributed by atoms with E-state index >= 15 is 0 Å². The number of carboxylic acids is 2. The second-order valence-electron chi connectivity index (χ2n) is 9.99. The van der Waals surface area contributed by atoms with Crippen LogP contribution in [0.5, 0.6) is 0 Å². The van der Waals surface area contributed by atoms with Crippen LogP contribution in [0.4, 0.5) is 5.69 Å². The molecule has 0 bridgehead atoms. The van der Waals surface area contributed by atoms with E-state index in [1.54, 1.807) is 24.4 Å². The van der Waals surface area contributed by atoms with Crippen molar-refractivity contribution in [1.29, 1.82) is 0 Å². The van der Waals surface area contributed by atoms with Crippen molar-refractivity contribution in [3.05, 3.63) is 86.8 Å². The summed E-state index contributed by atoms with van der Waals surface area (Å²) in [6, 6.07) is 14.5. The number of carboxylic acid groups (broad SMARTS) is 2. The molecule has 7 nitrogen and oxygen atoms in total. The maximum absolute atomic E-state index is 11.0. The number of aromatic nitrogens is 2. The van der Waals surface area contributed by atoms with Crippen LogP contribution in [0, 0.1) is 11.8 Å². The van der Waals surface area contributed by atoms with E-state index in [1.165, 1.54) is 12.8 Å². The Morgan fingerprint density at radius 2 is 1.41 bits per heavy atom. The topological polar surface area (TPSA) is 115 Å². The van der Waals surface area contributed by atoms with E-state index in [-0.39, 0.29) is 18.9 Å². The molecule has 2 atom stereocenters. The zero-order valence-electron chi connectivity index (χ0n) is 21.9. The average Bonchev–Trinajstić information content (AvgIpc) is 3.83. The van der Waals surface area contributed by atoms with Gasteiger partial charge in [-0.25, -0.2) is 4.79 Å². The van der Waals surface area contributed by atoms with Gasteiger partial charge in [0.25, 0.3) is 0 Å². The first-order chi connectivity index (χ1) is 18.3. The van der Waals surface area contributed by atoms with Crippen LogP contribution in [0.1, 0.15) is 72.1 Å². The summed E-state index contributed by atoms with van der Waals surface area (Å²) >= 11 is 6.70. The Morgan fingerprint density at radius 1 is 0.872 bits per heavy atom. The number of hydrogen-bond acceptors (Lipinski definition) is 6. The van der Waals surface area contributed by atoms with Gasteiger partial charge in [-0.15, -0.1) is 0 Å². The van der Waals surface area contributed by atoms with Crippen molar-refractivity contribution < 1.29 is 38.7 Å². The van der Waals surface area contributed by atoms with Gasteiger partial charge in [-0.1, -0.05) is 25.7 Å². The second-order valence-corrected chi connectivity index (χ2v) is 11.8. The van der Waals surface area contributed by atoms with Crippen molar-refractivity contribution in [2.75, 3.05) is 11.9 Å². The first-order valence-corrected chi connectivity index (χ1v) is 14.4. The Bertz CT molecular complexity index is 1220. The molecular formula is C29H30Br2LiN3O4. The number of aliphatic carboxylic acids is 1. The Morgan fingerprint density at radius 3 is 1.87 bits per heavy atom. The molecule has 2 heterocycles. The number of pyridine rings is 2. The molecule has 10 heteroatoms. The van der Waals surface area contributed by atoms with Gasteiger partial charge in [0.1, 0.15) is 0 Å². The van der Waals surface area contributed by atoms with Gasteiger partial charge in [-0.3, -0.25) is 9.97 Å². The molecule has 2 aliphatic carbocycles. The number of halogens is 2. The predicted octanol–water partition coefficient (Wildman–Crippen LogP) is 3.02. The minimum atomic E-state index is -1.02. The van der Waals surface area contributed by atoms with Crippen molar-refractivity contribution in [3.8, 4) is 0 Å². The molecule has 2 unspecified atom stereocenters. The zero-order valence-corrected chi connectivity index (χ0v) is 25.0. The SMILES string of the molecule is O=C(O)c1ccc(NCC(CC2CC2)c2ccc(Br)cn2)cc1.O=C([O-])C(CC1CC1)c1ccc(Br)cn1.[Li+]. The average molecular weight is 651 g/mol. The summed E-state index contributed by atoms with van der Waals surface area (Å²) in [6.45, 7) is 0.803. The van der Waals surface area contributed by atoms with Crippen LogP contribution in [-0.2, 0) is 4.79 Å². The molecule has 39 heavy (non-hydrogen) atoms. The number of benzene rings is 1. The number of anilines is 1. The molecular weight excluding hydrogens is 621 g/mol. The molecule has 2 N–H and O–H groups in total. The van der Waals surface area contributed by atoms with E-state index in [2.05, 4.69) is 53.2 Å². The Hall–Kier alpha value is -2.18. The van der Waals surface area contributed by atoms with E-state index < -0.39 is 17.9 Å². The first kappa shape index (κ1) is 31.3. The summed E-state index contributed by atoms with van der Waals surface area (Å²) in [5, 5.41) is 23.3. The summed E-state index contributed by atoms with van der Waals surface area (Å²) in [5.74, 6) is -0.723. The number of nitrogens with zero attached hydrogens (tertiary/aromatic N) is 2. The Kier molecular flexibility index (Phi) is 12.0. The molecule has 0 radical (unpaired) electrons. The van der Waals surface area contributed by atoms with Crippen LogP contribution in [0.25, 0.3) is 0 Å². The van der Waals surface area contributed by atoms with Gasteiger partial charge in [0.05, 0.1) is 11.5 Å². The minimum absolute atomic E-state index is 0. The molecule has 2 aliphatic rings. The molecule has 0 spiro atoms. The largest absolute Gasteiger partial charge is 1.00 e. The molecule has 2 aromatic heterocycles. The molecule has 2 fully saturated rings. The van der Waals surface area contributed by atoms with Crippen LogP contribution in [0.15, 0.2) is 69.9 Å². The fraction of sp³-hybridized carbons (Fsp3) is 0.379. The fourth-order valence-electron chi connectivity index (χ4n) is 4.28. The van der Waals surface area contributed by atoms with Crippen LogP contribution in [-0.4, -0.2) is 33.6 Å². The third-order valence-electron chi connectivity index (χ3n) is 6.83. The molecule has 200 valence electrons.